The summed E-state index contributed by atoms with van der Waals surface area (Å²) in [6.07, 6.45) is 5.01. The number of fused-ring (bicyclic) bond motifs is 1. The molecule has 1 heterocycles. The summed E-state index contributed by atoms with van der Waals surface area (Å²) in [5.41, 5.74) is 4.16. The van der Waals surface area contributed by atoms with E-state index < -0.39 is 17.8 Å². The summed E-state index contributed by atoms with van der Waals surface area (Å²) < 4.78 is 5.14. The molecule has 0 radical (unpaired) electrons. The SMILES string of the molecule is CCOC(=O)c1c(NC(=O)C(=O)N/N=C/c2ccc(Cl)cc2)sc2c1CCCC2. The van der Waals surface area contributed by atoms with Crippen molar-refractivity contribution in [2.75, 3.05) is 11.9 Å². The lowest BCUT2D eigenvalue weighted by Gasteiger charge is -2.12. The van der Waals surface area contributed by atoms with Gasteiger partial charge in [-0.15, -0.1) is 11.3 Å². The highest BCUT2D eigenvalue weighted by Gasteiger charge is 2.28. The third-order valence-corrected chi connectivity index (χ3v) is 5.79. The monoisotopic (exact) mass is 433 g/mol. The number of hydrogen-bond acceptors (Lipinski definition) is 6. The van der Waals surface area contributed by atoms with Gasteiger partial charge in [0.15, 0.2) is 0 Å². The zero-order valence-corrected chi connectivity index (χ0v) is 17.4. The lowest BCUT2D eigenvalue weighted by Crippen LogP contribution is -2.32. The Bertz CT molecular complexity index is 953. The Hall–Kier alpha value is -2.71. The number of hydrogen-bond donors (Lipinski definition) is 2. The van der Waals surface area contributed by atoms with Crippen LogP contribution in [0.4, 0.5) is 5.00 Å². The van der Waals surface area contributed by atoms with Gasteiger partial charge in [-0.25, -0.2) is 10.2 Å². The van der Waals surface area contributed by atoms with Gasteiger partial charge in [0.1, 0.15) is 5.00 Å². The molecule has 0 bridgehead atoms. The van der Waals surface area contributed by atoms with Gasteiger partial charge in [-0.2, -0.15) is 5.10 Å². The Kier molecular flexibility index (Phi) is 7.00. The molecule has 3 rings (SSSR count). The number of hydrazone groups is 1. The van der Waals surface area contributed by atoms with Crippen molar-refractivity contribution in [3.63, 3.8) is 0 Å². The lowest BCUT2D eigenvalue weighted by atomic mass is 9.95. The van der Waals surface area contributed by atoms with Gasteiger partial charge < -0.3 is 10.1 Å². The van der Waals surface area contributed by atoms with E-state index in [-0.39, 0.29) is 6.61 Å². The van der Waals surface area contributed by atoms with Crippen LogP contribution in [-0.2, 0) is 27.2 Å². The molecular weight excluding hydrogens is 414 g/mol. The van der Waals surface area contributed by atoms with Crippen molar-refractivity contribution in [2.24, 2.45) is 5.10 Å². The first-order valence-electron chi connectivity index (χ1n) is 9.21. The van der Waals surface area contributed by atoms with Crippen molar-refractivity contribution in [2.45, 2.75) is 32.6 Å². The van der Waals surface area contributed by atoms with Crippen molar-refractivity contribution in [3.05, 3.63) is 50.9 Å². The first-order chi connectivity index (χ1) is 14.0. The molecule has 152 valence electrons. The van der Waals surface area contributed by atoms with Crippen molar-refractivity contribution < 1.29 is 19.1 Å². The lowest BCUT2D eigenvalue weighted by molar-refractivity contribution is -0.136. The summed E-state index contributed by atoms with van der Waals surface area (Å²) in [4.78, 5) is 37.8. The number of nitrogens with zero attached hydrogens (tertiary/aromatic N) is 1. The van der Waals surface area contributed by atoms with E-state index in [1.807, 2.05) is 0 Å². The van der Waals surface area contributed by atoms with E-state index in [9.17, 15) is 14.4 Å². The minimum absolute atomic E-state index is 0.233. The van der Waals surface area contributed by atoms with Crippen molar-refractivity contribution in [1.29, 1.82) is 0 Å². The Morgan fingerprint density at radius 1 is 1.17 bits per heavy atom. The highest BCUT2D eigenvalue weighted by atomic mass is 35.5. The summed E-state index contributed by atoms with van der Waals surface area (Å²) in [5, 5.41) is 7.24. The number of aryl methyl sites for hydroxylation is 1. The zero-order chi connectivity index (χ0) is 20.8. The van der Waals surface area contributed by atoms with Crippen LogP contribution in [0.2, 0.25) is 5.02 Å². The van der Waals surface area contributed by atoms with E-state index in [2.05, 4.69) is 15.8 Å². The van der Waals surface area contributed by atoms with Gasteiger partial charge in [-0.05, 0) is 55.9 Å². The van der Waals surface area contributed by atoms with Crippen molar-refractivity contribution in [1.82, 2.24) is 5.43 Å². The maximum Gasteiger partial charge on any atom is 0.341 e. The Morgan fingerprint density at radius 3 is 2.62 bits per heavy atom. The van der Waals surface area contributed by atoms with E-state index >= 15 is 0 Å². The van der Waals surface area contributed by atoms with E-state index in [4.69, 9.17) is 16.3 Å². The number of carbonyl (C=O) groups excluding carboxylic acids is 3. The number of esters is 1. The quantitative estimate of drug-likeness (QED) is 0.326. The highest BCUT2D eigenvalue weighted by Crippen LogP contribution is 2.38. The smallest absolute Gasteiger partial charge is 0.341 e. The molecule has 1 aromatic carbocycles. The van der Waals surface area contributed by atoms with Gasteiger partial charge in [0.25, 0.3) is 0 Å². The van der Waals surface area contributed by atoms with E-state index in [1.54, 1.807) is 31.2 Å². The highest BCUT2D eigenvalue weighted by molar-refractivity contribution is 7.17. The number of thiophene rings is 1. The van der Waals surface area contributed by atoms with Gasteiger partial charge in [-0.1, -0.05) is 23.7 Å². The fourth-order valence-electron chi connectivity index (χ4n) is 3.00. The fraction of sp³-hybridized carbons (Fsp3) is 0.300. The molecule has 0 atom stereocenters. The molecule has 0 unspecified atom stereocenters. The summed E-state index contributed by atoms with van der Waals surface area (Å²) >= 11 is 7.13. The van der Waals surface area contributed by atoms with Crippen molar-refractivity contribution in [3.8, 4) is 0 Å². The number of rotatable bonds is 5. The molecule has 1 aromatic heterocycles. The van der Waals surface area contributed by atoms with Crippen LogP contribution in [0.5, 0.6) is 0 Å². The van der Waals surface area contributed by atoms with Crippen LogP contribution in [0.15, 0.2) is 29.4 Å². The molecule has 2 aromatic rings. The topological polar surface area (TPSA) is 96.9 Å². The van der Waals surface area contributed by atoms with Crippen LogP contribution in [0.3, 0.4) is 0 Å². The second-order valence-electron chi connectivity index (χ2n) is 6.34. The van der Waals surface area contributed by atoms with Gasteiger partial charge in [-0.3, -0.25) is 9.59 Å². The van der Waals surface area contributed by atoms with Crippen LogP contribution in [0.1, 0.15) is 46.1 Å². The average Bonchev–Trinajstić information content (AvgIpc) is 3.07. The molecular formula is C20H20ClN3O4S. The minimum atomic E-state index is -0.934. The van der Waals surface area contributed by atoms with E-state index in [0.29, 0.717) is 21.2 Å². The number of anilines is 1. The molecule has 1 aliphatic rings. The molecule has 7 nitrogen and oxygen atoms in total. The molecule has 2 amide bonds. The molecule has 29 heavy (non-hydrogen) atoms. The first kappa shape index (κ1) is 21.0. The zero-order valence-electron chi connectivity index (χ0n) is 15.8. The normalized spacial score (nSPS) is 13.0. The van der Waals surface area contributed by atoms with Crippen LogP contribution in [0.25, 0.3) is 0 Å². The van der Waals surface area contributed by atoms with Crippen molar-refractivity contribution >= 4 is 51.9 Å². The maximum absolute atomic E-state index is 12.4. The van der Waals surface area contributed by atoms with Crippen LogP contribution in [-0.4, -0.2) is 30.6 Å². The number of ether oxygens (including phenoxy) is 1. The van der Waals surface area contributed by atoms with E-state index in [1.165, 1.54) is 17.6 Å². The molecule has 0 aliphatic heterocycles. The number of halogens is 1. The summed E-state index contributed by atoms with van der Waals surface area (Å²) in [7, 11) is 0. The van der Waals surface area contributed by atoms with Gasteiger partial charge >= 0.3 is 17.8 Å². The maximum atomic E-state index is 12.4. The molecule has 2 N–H and O–H groups in total. The summed E-state index contributed by atoms with van der Waals surface area (Å²) in [5.74, 6) is -2.32. The fourth-order valence-corrected chi connectivity index (χ4v) is 4.40. The number of nitrogens with one attached hydrogen (secondary N) is 2. The first-order valence-corrected chi connectivity index (χ1v) is 10.4. The second kappa shape index (κ2) is 9.67. The van der Waals surface area contributed by atoms with Gasteiger partial charge in [0, 0.05) is 9.90 Å². The largest absolute Gasteiger partial charge is 0.462 e. The van der Waals surface area contributed by atoms with Gasteiger partial charge in [0.2, 0.25) is 0 Å². The molecule has 1 aliphatic carbocycles. The third-order valence-electron chi connectivity index (χ3n) is 4.33. The predicted octanol–water partition coefficient (Wildman–Crippen LogP) is 3.55. The standard InChI is InChI=1S/C20H20ClN3O4S/c1-2-28-20(27)16-14-5-3-4-6-15(14)29-19(16)23-17(25)18(26)24-22-11-12-7-9-13(21)10-8-12/h7-11H,2-6H2,1H3,(H,23,25)(H,24,26)/b22-11+. The predicted molar refractivity (Wildman–Crippen MR) is 113 cm³/mol. The van der Waals surface area contributed by atoms with Crippen LogP contribution >= 0.6 is 22.9 Å². The Morgan fingerprint density at radius 2 is 1.90 bits per heavy atom. The van der Waals surface area contributed by atoms with E-state index in [0.717, 1.165) is 36.1 Å². The van der Waals surface area contributed by atoms with Crippen LogP contribution < -0.4 is 10.7 Å². The summed E-state index contributed by atoms with van der Waals surface area (Å²) in [6, 6.07) is 6.82. The minimum Gasteiger partial charge on any atom is -0.462 e. The van der Waals surface area contributed by atoms with Gasteiger partial charge in [0.05, 0.1) is 18.4 Å². The average molecular weight is 434 g/mol. The Balaban J connectivity index is 1.69. The second-order valence-corrected chi connectivity index (χ2v) is 7.88. The number of carbonyl (C=O) groups is 3. The number of amides is 2. The molecule has 9 heteroatoms. The van der Waals surface area contributed by atoms with Crippen LogP contribution in [0, 0.1) is 0 Å². The Labute approximate surface area is 177 Å². The molecule has 0 fully saturated rings. The molecule has 0 saturated heterocycles. The summed E-state index contributed by atoms with van der Waals surface area (Å²) in [6.45, 7) is 1.96. The molecule has 0 saturated carbocycles. The number of benzene rings is 1. The molecule has 0 spiro atoms. The third kappa shape index (κ3) is 5.21.